The Morgan fingerprint density at radius 2 is 2.06 bits per heavy atom. The van der Waals surface area contributed by atoms with Gasteiger partial charge in [-0.05, 0) is 74.5 Å². The fourth-order valence-electron chi connectivity index (χ4n) is 3.90. The topological polar surface area (TPSA) is 102 Å². The fourth-order valence-corrected chi connectivity index (χ4v) is 4.74. The van der Waals surface area contributed by atoms with Crippen LogP contribution in [-0.2, 0) is 20.9 Å². The van der Waals surface area contributed by atoms with Crippen molar-refractivity contribution >= 4 is 23.2 Å². The van der Waals surface area contributed by atoms with Gasteiger partial charge < -0.3 is 15.0 Å². The number of hydrogen-bond donors (Lipinski definition) is 1. The molecule has 11 heteroatoms. The lowest BCUT2D eigenvalue weighted by atomic mass is 10.1. The molecule has 0 aliphatic carbocycles. The standard InChI is InChI=1S/C24H29FN6O3S/c1-24(2,3)26-23(33)21(19-7-5-13-35-19)30(14-18-6-4-12-34-18)20(32)15-31-28-22(27-29-31)16-8-10-17(25)11-9-16/h5,7-11,13,18,21H,4,6,12,14-15H2,1-3H3,(H,26,33)/t18-,21-/m1/s1. The minimum absolute atomic E-state index is 0.151. The zero-order valence-electron chi connectivity index (χ0n) is 20.0. The lowest BCUT2D eigenvalue weighted by Crippen LogP contribution is -2.51. The lowest BCUT2D eigenvalue weighted by Gasteiger charge is -2.34. The number of tetrazole rings is 1. The molecule has 2 aromatic heterocycles. The summed E-state index contributed by atoms with van der Waals surface area (Å²) in [6.07, 6.45) is 1.58. The van der Waals surface area contributed by atoms with Crippen molar-refractivity contribution in [3.05, 3.63) is 52.5 Å². The van der Waals surface area contributed by atoms with Crippen LogP contribution in [-0.4, -0.2) is 61.7 Å². The molecule has 0 spiro atoms. The molecule has 3 aromatic rings. The van der Waals surface area contributed by atoms with E-state index in [0.29, 0.717) is 12.2 Å². The summed E-state index contributed by atoms with van der Waals surface area (Å²) in [7, 11) is 0. The van der Waals surface area contributed by atoms with Crippen molar-refractivity contribution in [2.45, 2.75) is 57.8 Å². The highest BCUT2D eigenvalue weighted by atomic mass is 32.1. The number of nitrogens with zero attached hydrogens (tertiary/aromatic N) is 5. The van der Waals surface area contributed by atoms with E-state index < -0.39 is 11.6 Å². The van der Waals surface area contributed by atoms with Crippen molar-refractivity contribution in [1.82, 2.24) is 30.4 Å². The van der Waals surface area contributed by atoms with Gasteiger partial charge in [-0.3, -0.25) is 9.59 Å². The van der Waals surface area contributed by atoms with Crippen LogP contribution in [0.3, 0.4) is 0 Å². The van der Waals surface area contributed by atoms with Gasteiger partial charge in [0.15, 0.2) is 0 Å². The maximum Gasteiger partial charge on any atom is 0.248 e. The molecule has 9 nitrogen and oxygen atoms in total. The predicted molar refractivity (Wildman–Crippen MR) is 129 cm³/mol. The van der Waals surface area contributed by atoms with Gasteiger partial charge in [0.05, 0.1) is 6.10 Å². The Balaban J connectivity index is 1.60. The smallest absolute Gasteiger partial charge is 0.248 e. The molecule has 0 radical (unpaired) electrons. The van der Waals surface area contributed by atoms with Gasteiger partial charge >= 0.3 is 0 Å². The van der Waals surface area contributed by atoms with E-state index in [1.807, 2.05) is 38.3 Å². The first-order valence-corrected chi connectivity index (χ1v) is 12.4. The van der Waals surface area contributed by atoms with E-state index in [4.69, 9.17) is 4.74 Å². The molecule has 0 saturated carbocycles. The molecule has 1 N–H and O–H groups in total. The minimum Gasteiger partial charge on any atom is -0.376 e. The number of thiophene rings is 1. The van der Waals surface area contributed by atoms with Gasteiger partial charge in [-0.1, -0.05) is 6.07 Å². The Labute approximate surface area is 207 Å². The summed E-state index contributed by atoms with van der Waals surface area (Å²) in [5, 5.41) is 17.2. The second-order valence-electron chi connectivity index (χ2n) is 9.49. The first-order valence-electron chi connectivity index (χ1n) is 11.5. The minimum atomic E-state index is -0.814. The van der Waals surface area contributed by atoms with Crippen LogP contribution in [0.1, 0.15) is 44.5 Å². The van der Waals surface area contributed by atoms with Crippen molar-refractivity contribution in [1.29, 1.82) is 0 Å². The zero-order chi connectivity index (χ0) is 25.0. The van der Waals surface area contributed by atoms with Crippen LogP contribution in [0.2, 0.25) is 0 Å². The van der Waals surface area contributed by atoms with Crippen molar-refractivity contribution < 1.29 is 18.7 Å². The number of nitrogens with one attached hydrogen (secondary N) is 1. The van der Waals surface area contributed by atoms with E-state index in [1.54, 1.807) is 17.0 Å². The van der Waals surface area contributed by atoms with Crippen LogP contribution in [0.5, 0.6) is 0 Å². The summed E-state index contributed by atoms with van der Waals surface area (Å²) in [6, 6.07) is 8.62. The molecule has 186 valence electrons. The van der Waals surface area contributed by atoms with E-state index in [0.717, 1.165) is 17.7 Å². The summed E-state index contributed by atoms with van der Waals surface area (Å²) in [5.41, 5.74) is 0.116. The number of carbonyl (C=O) groups is 2. The Bertz CT molecular complexity index is 1140. The Morgan fingerprint density at radius 1 is 1.29 bits per heavy atom. The maximum absolute atomic E-state index is 13.6. The molecular weight excluding hydrogens is 471 g/mol. The number of benzene rings is 1. The van der Waals surface area contributed by atoms with E-state index in [1.165, 1.54) is 28.3 Å². The molecule has 0 bridgehead atoms. The second kappa shape index (κ2) is 10.6. The molecule has 1 fully saturated rings. The lowest BCUT2D eigenvalue weighted by molar-refractivity contribution is -0.144. The third-order valence-electron chi connectivity index (χ3n) is 5.45. The normalized spacial score (nSPS) is 16.7. The van der Waals surface area contributed by atoms with Crippen LogP contribution >= 0.6 is 11.3 Å². The number of aromatic nitrogens is 4. The maximum atomic E-state index is 13.6. The number of ether oxygens (including phenoxy) is 1. The highest BCUT2D eigenvalue weighted by Gasteiger charge is 2.36. The number of hydrogen-bond acceptors (Lipinski definition) is 7. The quantitative estimate of drug-likeness (QED) is 0.510. The van der Waals surface area contributed by atoms with Gasteiger partial charge in [0.25, 0.3) is 0 Å². The van der Waals surface area contributed by atoms with Gasteiger partial charge in [-0.25, -0.2) is 4.39 Å². The largest absolute Gasteiger partial charge is 0.376 e. The Morgan fingerprint density at radius 3 is 2.69 bits per heavy atom. The van der Waals surface area contributed by atoms with Crippen molar-refractivity contribution in [2.75, 3.05) is 13.2 Å². The summed E-state index contributed by atoms with van der Waals surface area (Å²) < 4.78 is 19.0. The number of rotatable bonds is 8. The predicted octanol–water partition coefficient (Wildman–Crippen LogP) is 3.20. The van der Waals surface area contributed by atoms with Gasteiger partial charge in [0, 0.05) is 29.1 Å². The second-order valence-corrected chi connectivity index (χ2v) is 10.5. The average molecular weight is 501 g/mol. The monoisotopic (exact) mass is 500 g/mol. The Kier molecular flexibility index (Phi) is 7.56. The number of amides is 2. The molecule has 1 aliphatic heterocycles. The van der Waals surface area contributed by atoms with Crippen LogP contribution in [0.25, 0.3) is 11.4 Å². The molecule has 35 heavy (non-hydrogen) atoms. The molecule has 1 saturated heterocycles. The summed E-state index contributed by atoms with van der Waals surface area (Å²) >= 11 is 1.42. The molecule has 4 rings (SSSR count). The van der Waals surface area contributed by atoms with Gasteiger partial charge in [-0.15, -0.1) is 21.5 Å². The number of carbonyl (C=O) groups excluding carboxylic acids is 2. The third kappa shape index (κ3) is 6.49. The van der Waals surface area contributed by atoms with Crippen molar-refractivity contribution in [3.8, 4) is 11.4 Å². The molecular formula is C24H29FN6O3S. The summed E-state index contributed by atoms with van der Waals surface area (Å²) in [5.74, 6) is -0.672. The van der Waals surface area contributed by atoms with Gasteiger partial charge in [0.1, 0.15) is 18.4 Å². The molecule has 2 amide bonds. The van der Waals surface area contributed by atoms with Crippen molar-refractivity contribution in [3.63, 3.8) is 0 Å². The SMILES string of the molecule is CC(C)(C)NC(=O)[C@@H](c1cccs1)N(C[C@H]1CCCO1)C(=O)Cn1nnc(-c2ccc(F)cc2)n1. The van der Waals surface area contributed by atoms with E-state index in [-0.39, 0.29) is 42.6 Å². The fraction of sp³-hybridized carbons (Fsp3) is 0.458. The molecule has 3 heterocycles. The average Bonchev–Trinajstić information content (AvgIpc) is 3.56. The molecule has 1 aromatic carbocycles. The van der Waals surface area contributed by atoms with Gasteiger partial charge in [-0.2, -0.15) is 4.80 Å². The summed E-state index contributed by atoms with van der Waals surface area (Å²) in [6.45, 7) is 6.41. The number of halogens is 1. The van der Waals surface area contributed by atoms with Crippen LogP contribution < -0.4 is 5.32 Å². The Hall–Kier alpha value is -3.18. The highest BCUT2D eigenvalue weighted by molar-refractivity contribution is 7.10. The van der Waals surface area contributed by atoms with E-state index in [9.17, 15) is 14.0 Å². The van der Waals surface area contributed by atoms with Crippen molar-refractivity contribution in [2.24, 2.45) is 0 Å². The van der Waals surface area contributed by atoms with Crippen LogP contribution in [0.15, 0.2) is 41.8 Å². The highest BCUT2D eigenvalue weighted by Crippen LogP contribution is 2.28. The first-order chi connectivity index (χ1) is 16.7. The van der Waals surface area contributed by atoms with E-state index in [2.05, 4.69) is 20.7 Å². The molecule has 1 aliphatic rings. The van der Waals surface area contributed by atoms with Gasteiger partial charge in [0.2, 0.25) is 17.6 Å². The molecule has 2 atom stereocenters. The van der Waals surface area contributed by atoms with E-state index >= 15 is 0 Å². The zero-order valence-corrected chi connectivity index (χ0v) is 20.8. The molecule has 0 unspecified atom stereocenters. The third-order valence-corrected chi connectivity index (χ3v) is 6.37. The first kappa shape index (κ1) is 24.9. The summed E-state index contributed by atoms with van der Waals surface area (Å²) in [4.78, 5) is 30.6. The van der Waals surface area contributed by atoms with Crippen LogP contribution in [0.4, 0.5) is 4.39 Å². The van der Waals surface area contributed by atoms with Crippen LogP contribution in [0, 0.1) is 5.82 Å².